The van der Waals surface area contributed by atoms with Gasteiger partial charge in [0.2, 0.25) is 0 Å². The van der Waals surface area contributed by atoms with E-state index in [0.29, 0.717) is 0 Å². The van der Waals surface area contributed by atoms with E-state index in [4.69, 9.17) is 9.57 Å². The third kappa shape index (κ3) is 4.85. The number of carboxylic acids is 1. The Labute approximate surface area is 201 Å². The van der Waals surface area contributed by atoms with Crippen molar-refractivity contribution in [3.63, 3.8) is 0 Å². The number of fused-ring (bicyclic) bond motifs is 3. The fourth-order valence-electron chi connectivity index (χ4n) is 4.29. The van der Waals surface area contributed by atoms with Crippen LogP contribution in [-0.4, -0.2) is 40.8 Å². The van der Waals surface area contributed by atoms with E-state index in [1.54, 1.807) is 0 Å². The maximum absolute atomic E-state index is 12.5. The highest BCUT2D eigenvalue weighted by Crippen LogP contribution is 2.44. The van der Waals surface area contributed by atoms with Gasteiger partial charge in [0.25, 0.3) is 5.91 Å². The SMILES string of the molecule is O=C(Nc1cccc(C(=O)NOC(C(=O)O)C2CC2)n1)OCC1c2ccccc2-c2ccccc21. The number of aliphatic carboxylic acids is 1. The Balaban J connectivity index is 1.19. The van der Waals surface area contributed by atoms with Crippen molar-refractivity contribution in [1.82, 2.24) is 10.5 Å². The van der Waals surface area contributed by atoms with Crippen LogP contribution in [0.5, 0.6) is 0 Å². The van der Waals surface area contributed by atoms with E-state index in [1.807, 2.05) is 36.4 Å². The maximum Gasteiger partial charge on any atom is 0.412 e. The molecule has 9 heteroatoms. The Bertz CT molecular complexity index is 1240. The molecule has 9 nitrogen and oxygen atoms in total. The molecule has 1 heterocycles. The molecule has 1 atom stereocenters. The largest absolute Gasteiger partial charge is 0.479 e. The average Bonchev–Trinajstić information content (AvgIpc) is 3.65. The molecule has 1 unspecified atom stereocenters. The second-order valence-electron chi connectivity index (χ2n) is 8.50. The molecule has 0 spiro atoms. The molecule has 1 saturated carbocycles. The third-order valence-corrected chi connectivity index (χ3v) is 6.13. The number of carbonyl (C=O) groups excluding carboxylic acids is 2. The molecule has 178 valence electrons. The first-order chi connectivity index (χ1) is 17.0. The fourth-order valence-corrected chi connectivity index (χ4v) is 4.29. The van der Waals surface area contributed by atoms with Crippen molar-refractivity contribution in [1.29, 1.82) is 0 Å². The van der Waals surface area contributed by atoms with E-state index in [9.17, 15) is 19.5 Å². The number of anilines is 1. The Morgan fingerprint density at radius 2 is 1.60 bits per heavy atom. The van der Waals surface area contributed by atoms with Gasteiger partial charge in [-0.05, 0) is 53.1 Å². The lowest BCUT2D eigenvalue weighted by molar-refractivity contribution is -0.155. The number of hydroxylamine groups is 1. The van der Waals surface area contributed by atoms with E-state index in [2.05, 4.69) is 27.9 Å². The van der Waals surface area contributed by atoms with Crippen molar-refractivity contribution in [3.8, 4) is 11.1 Å². The third-order valence-electron chi connectivity index (χ3n) is 6.13. The summed E-state index contributed by atoms with van der Waals surface area (Å²) in [5, 5.41) is 11.7. The molecule has 0 radical (unpaired) electrons. The van der Waals surface area contributed by atoms with Gasteiger partial charge >= 0.3 is 12.1 Å². The molecule has 0 aliphatic heterocycles. The topological polar surface area (TPSA) is 127 Å². The molecule has 2 aliphatic rings. The minimum absolute atomic E-state index is 0.0404. The lowest BCUT2D eigenvalue weighted by Gasteiger charge is -2.15. The van der Waals surface area contributed by atoms with Gasteiger partial charge in [-0.25, -0.2) is 20.1 Å². The highest BCUT2D eigenvalue weighted by Gasteiger charge is 2.38. The normalized spacial score (nSPS) is 15.0. The molecular weight excluding hydrogens is 450 g/mol. The smallest absolute Gasteiger partial charge is 0.412 e. The number of benzene rings is 2. The van der Waals surface area contributed by atoms with E-state index < -0.39 is 24.1 Å². The van der Waals surface area contributed by atoms with E-state index in [0.717, 1.165) is 35.1 Å². The highest BCUT2D eigenvalue weighted by molar-refractivity contribution is 5.92. The molecular formula is C26H23N3O6. The van der Waals surface area contributed by atoms with Crippen LogP contribution in [0.4, 0.5) is 10.6 Å². The number of rotatable bonds is 8. The monoisotopic (exact) mass is 473 g/mol. The Hall–Kier alpha value is -4.24. The number of hydrogen-bond acceptors (Lipinski definition) is 6. The number of amides is 2. The number of pyridine rings is 1. The fraction of sp³-hybridized carbons (Fsp3) is 0.231. The number of nitrogens with zero attached hydrogens (tertiary/aromatic N) is 1. The first-order valence-corrected chi connectivity index (χ1v) is 11.3. The number of ether oxygens (including phenoxy) is 1. The van der Waals surface area contributed by atoms with Crippen molar-refractivity contribution < 1.29 is 29.1 Å². The average molecular weight is 473 g/mol. The van der Waals surface area contributed by atoms with Crippen LogP contribution in [0.25, 0.3) is 11.1 Å². The zero-order valence-corrected chi connectivity index (χ0v) is 18.6. The number of carbonyl (C=O) groups is 3. The van der Waals surface area contributed by atoms with Crippen LogP contribution in [0.3, 0.4) is 0 Å². The van der Waals surface area contributed by atoms with Crippen LogP contribution in [-0.2, 0) is 14.4 Å². The van der Waals surface area contributed by atoms with Gasteiger partial charge in [0.15, 0.2) is 6.10 Å². The summed E-state index contributed by atoms with van der Waals surface area (Å²) < 4.78 is 5.50. The van der Waals surface area contributed by atoms with Crippen molar-refractivity contribution in [3.05, 3.63) is 83.6 Å². The summed E-state index contributed by atoms with van der Waals surface area (Å²) in [6, 6.07) is 20.6. The second kappa shape index (κ2) is 9.55. The summed E-state index contributed by atoms with van der Waals surface area (Å²) >= 11 is 0. The standard InChI is InChI=1S/C26H23N3O6/c30-24(29-35-23(25(31)32)15-12-13-15)21-10-5-11-22(27-21)28-26(33)34-14-20-18-8-3-1-6-16(18)17-7-2-4-9-19(17)20/h1-11,15,20,23H,12-14H2,(H,29,30)(H,31,32)(H,27,28,33). The first kappa shape index (κ1) is 22.5. The van der Waals surface area contributed by atoms with Gasteiger partial charge in [0.05, 0.1) is 0 Å². The van der Waals surface area contributed by atoms with Gasteiger partial charge in [-0.2, -0.15) is 0 Å². The van der Waals surface area contributed by atoms with Gasteiger partial charge in [0.1, 0.15) is 18.1 Å². The van der Waals surface area contributed by atoms with Gasteiger partial charge < -0.3 is 9.84 Å². The molecule has 3 N–H and O–H groups in total. The maximum atomic E-state index is 12.5. The molecule has 1 aromatic heterocycles. The summed E-state index contributed by atoms with van der Waals surface area (Å²) in [5.41, 5.74) is 6.56. The minimum atomic E-state index is -1.13. The molecule has 1 fully saturated rings. The Morgan fingerprint density at radius 3 is 2.23 bits per heavy atom. The Kier molecular flexibility index (Phi) is 6.15. The zero-order chi connectivity index (χ0) is 24.4. The molecule has 2 aliphatic carbocycles. The highest BCUT2D eigenvalue weighted by atomic mass is 16.7. The van der Waals surface area contributed by atoms with Gasteiger partial charge in [0, 0.05) is 5.92 Å². The van der Waals surface area contributed by atoms with Crippen molar-refractivity contribution in [2.75, 3.05) is 11.9 Å². The minimum Gasteiger partial charge on any atom is -0.479 e. The van der Waals surface area contributed by atoms with Crippen LogP contribution in [0.2, 0.25) is 0 Å². The molecule has 2 aromatic carbocycles. The predicted molar refractivity (Wildman–Crippen MR) is 126 cm³/mol. The molecule has 3 aromatic rings. The summed E-state index contributed by atoms with van der Waals surface area (Å²) in [6.07, 6.45) is -0.316. The lowest BCUT2D eigenvalue weighted by Crippen LogP contribution is -2.36. The summed E-state index contributed by atoms with van der Waals surface area (Å²) in [6.45, 7) is 0.144. The predicted octanol–water partition coefficient (Wildman–Crippen LogP) is 3.97. The summed E-state index contributed by atoms with van der Waals surface area (Å²) in [4.78, 5) is 45.2. The molecule has 0 saturated heterocycles. The van der Waals surface area contributed by atoms with Crippen molar-refractivity contribution in [2.45, 2.75) is 24.9 Å². The van der Waals surface area contributed by atoms with Crippen LogP contribution >= 0.6 is 0 Å². The van der Waals surface area contributed by atoms with Crippen LogP contribution in [0.15, 0.2) is 66.7 Å². The number of carboxylic acid groups (broad SMARTS) is 1. The van der Waals surface area contributed by atoms with E-state index >= 15 is 0 Å². The number of hydrogen-bond donors (Lipinski definition) is 3. The van der Waals surface area contributed by atoms with Crippen LogP contribution in [0.1, 0.15) is 40.4 Å². The second-order valence-corrected chi connectivity index (χ2v) is 8.50. The summed E-state index contributed by atoms with van der Waals surface area (Å²) in [5.74, 6) is -1.92. The zero-order valence-electron chi connectivity index (χ0n) is 18.6. The van der Waals surface area contributed by atoms with Gasteiger partial charge in [-0.15, -0.1) is 0 Å². The van der Waals surface area contributed by atoms with Crippen molar-refractivity contribution in [2.24, 2.45) is 5.92 Å². The number of aromatic nitrogens is 1. The Morgan fingerprint density at radius 1 is 0.943 bits per heavy atom. The molecule has 2 amide bonds. The van der Waals surface area contributed by atoms with Gasteiger partial charge in [-0.1, -0.05) is 54.6 Å². The molecule has 35 heavy (non-hydrogen) atoms. The number of nitrogens with one attached hydrogen (secondary N) is 2. The van der Waals surface area contributed by atoms with Crippen LogP contribution < -0.4 is 10.8 Å². The molecule has 0 bridgehead atoms. The van der Waals surface area contributed by atoms with E-state index in [1.165, 1.54) is 18.2 Å². The lowest BCUT2D eigenvalue weighted by atomic mass is 9.98. The van der Waals surface area contributed by atoms with Crippen molar-refractivity contribution >= 4 is 23.8 Å². The quantitative estimate of drug-likeness (QED) is 0.423. The van der Waals surface area contributed by atoms with Gasteiger partial charge in [-0.3, -0.25) is 14.9 Å². The first-order valence-electron chi connectivity index (χ1n) is 11.3. The molecule has 5 rings (SSSR count). The summed E-state index contributed by atoms with van der Waals surface area (Å²) in [7, 11) is 0. The van der Waals surface area contributed by atoms with Crippen LogP contribution in [0, 0.1) is 5.92 Å². The van der Waals surface area contributed by atoms with E-state index in [-0.39, 0.29) is 30.0 Å².